The van der Waals surface area contributed by atoms with Gasteiger partial charge in [0.2, 0.25) is 0 Å². The fourth-order valence-corrected chi connectivity index (χ4v) is 5.35. The number of nitrogens with one attached hydrogen (secondary N) is 1. The molecular formula is C28H24ClF2N5O2. The van der Waals surface area contributed by atoms with Crippen LogP contribution in [0.25, 0.3) is 16.7 Å². The number of aromatic nitrogens is 3. The quantitative estimate of drug-likeness (QED) is 0.346. The molecule has 10 heteroatoms. The SMILES string of the molecule is N#Cc1ccccc1-n1c(=O)n(C[C@H]2CC[C@H](NC(=O)c3cc(Cl)cnc3C(F)F)CC2)c2ccccc21. The number of fused-ring (bicyclic) bond motifs is 1. The molecule has 1 N–H and O–H groups in total. The highest BCUT2D eigenvalue weighted by Gasteiger charge is 2.27. The Morgan fingerprint density at radius 1 is 1.11 bits per heavy atom. The number of rotatable bonds is 6. The molecule has 2 aromatic carbocycles. The van der Waals surface area contributed by atoms with Gasteiger partial charge in [-0.05, 0) is 61.9 Å². The molecule has 1 fully saturated rings. The van der Waals surface area contributed by atoms with E-state index in [0.717, 1.165) is 30.1 Å². The van der Waals surface area contributed by atoms with E-state index in [1.54, 1.807) is 33.4 Å². The molecule has 38 heavy (non-hydrogen) atoms. The van der Waals surface area contributed by atoms with E-state index in [0.29, 0.717) is 30.6 Å². The summed E-state index contributed by atoms with van der Waals surface area (Å²) >= 11 is 5.88. The number of hydrogen-bond acceptors (Lipinski definition) is 4. The zero-order valence-corrected chi connectivity index (χ0v) is 21.0. The number of nitriles is 1. The zero-order chi connectivity index (χ0) is 26.8. The molecule has 0 bridgehead atoms. The van der Waals surface area contributed by atoms with Crippen LogP contribution in [0.2, 0.25) is 5.02 Å². The van der Waals surface area contributed by atoms with Crippen LogP contribution in [0.3, 0.4) is 0 Å². The van der Waals surface area contributed by atoms with Crippen LogP contribution in [0, 0.1) is 17.2 Å². The number of alkyl halides is 2. The summed E-state index contributed by atoms with van der Waals surface area (Å²) in [5, 5.41) is 12.5. The summed E-state index contributed by atoms with van der Waals surface area (Å²) in [4.78, 5) is 29.9. The van der Waals surface area contributed by atoms with Crippen molar-refractivity contribution in [2.45, 2.75) is 44.7 Å². The lowest BCUT2D eigenvalue weighted by molar-refractivity contribution is 0.0904. The van der Waals surface area contributed by atoms with Crippen molar-refractivity contribution in [1.82, 2.24) is 19.4 Å². The van der Waals surface area contributed by atoms with Gasteiger partial charge in [0.1, 0.15) is 11.8 Å². The number of imidazole rings is 1. The number of halogens is 3. The standard InChI is InChI=1S/C28H24ClF2N5O2/c29-19-13-21(25(26(30)31)33-15-19)27(37)34-20-11-9-17(10-12-20)16-35-23-7-3-4-8-24(23)36(28(35)38)22-6-2-1-5-18(22)14-32/h1-8,13,15,17,20,26H,9-12,16H2,(H,34,37)/t17-,20-. The Kier molecular flexibility index (Phi) is 7.25. The normalized spacial score (nSPS) is 17.4. The Morgan fingerprint density at radius 2 is 1.79 bits per heavy atom. The van der Waals surface area contributed by atoms with Crippen LogP contribution in [-0.4, -0.2) is 26.1 Å². The van der Waals surface area contributed by atoms with E-state index >= 15 is 0 Å². The van der Waals surface area contributed by atoms with Gasteiger partial charge in [-0.25, -0.2) is 13.6 Å². The summed E-state index contributed by atoms with van der Waals surface area (Å²) in [6.07, 6.45) is 1.02. The lowest BCUT2D eigenvalue weighted by atomic mass is 9.85. The highest BCUT2D eigenvalue weighted by Crippen LogP contribution is 2.29. The van der Waals surface area contributed by atoms with E-state index in [2.05, 4.69) is 16.4 Å². The van der Waals surface area contributed by atoms with Crippen molar-refractivity contribution < 1.29 is 13.6 Å². The average molecular weight is 536 g/mol. The minimum Gasteiger partial charge on any atom is -0.349 e. The molecule has 1 aliphatic carbocycles. The van der Waals surface area contributed by atoms with Crippen molar-refractivity contribution in [3.63, 3.8) is 0 Å². The molecule has 1 saturated carbocycles. The molecule has 0 unspecified atom stereocenters. The van der Waals surface area contributed by atoms with Gasteiger partial charge in [-0.3, -0.25) is 18.9 Å². The highest BCUT2D eigenvalue weighted by molar-refractivity contribution is 6.30. The highest BCUT2D eigenvalue weighted by atomic mass is 35.5. The van der Waals surface area contributed by atoms with E-state index in [1.807, 2.05) is 24.3 Å². The molecule has 194 valence electrons. The number of pyridine rings is 1. The molecule has 4 aromatic rings. The van der Waals surface area contributed by atoms with Gasteiger partial charge in [-0.2, -0.15) is 5.26 Å². The van der Waals surface area contributed by atoms with E-state index in [-0.39, 0.29) is 28.2 Å². The van der Waals surface area contributed by atoms with Gasteiger partial charge in [0, 0.05) is 18.8 Å². The van der Waals surface area contributed by atoms with Crippen LogP contribution in [-0.2, 0) is 6.54 Å². The van der Waals surface area contributed by atoms with Crippen molar-refractivity contribution in [1.29, 1.82) is 5.26 Å². The molecule has 0 spiro atoms. The van der Waals surface area contributed by atoms with Crippen molar-refractivity contribution in [2.75, 3.05) is 0 Å². The molecule has 0 atom stereocenters. The second kappa shape index (κ2) is 10.8. The molecule has 0 saturated heterocycles. The Morgan fingerprint density at radius 3 is 2.50 bits per heavy atom. The number of amides is 1. The fourth-order valence-electron chi connectivity index (χ4n) is 5.20. The van der Waals surface area contributed by atoms with Gasteiger partial charge in [0.05, 0.1) is 32.9 Å². The van der Waals surface area contributed by atoms with Gasteiger partial charge in [0.25, 0.3) is 12.3 Å². The van der Waals surface area contributed by atoms with Crippen molar-refractivity contribution in [3.05, 3.63) is 93.1 Å². The van der Waals surface area contributed by atoms with Gasteiger partial charge < -0.3 is 5.32 Å². The number of hydrogen-bond donors (Lipinski definition) is 1. The van der Waals surface area contributed by atoms with Crippen LogP contribution in [0.5, 0.6) is 0 Å². The fraction of sp³-hybridized carbons (Fsp3) is 0.286. The molecule has 1 amide bonds. The minimum atomic E-state index is -2.88. The first-order valence-corrected chi connectivity index (χ1v) is 12.7. The molecular weight excluding hydrogens is 512 g/mol. The maximum atomic E-state index is 13.6. The topological polar surface area (TPSA) is 92.7 Å². The van der Waals surface area contributed by atoms with Gasteiger partial charge in [0.15, 0.2) is 0 Å². The van der Waals surface area contributed by atoms with Gasteiger partial charge >= 0.3 is 5.69 Å². The maximum absolute atomic E-state index is 13.6. The first-order chi connectivity index (χ1) is 18.4. The smallest absolute Gasteiger partial charge is 0.333 e. The third-order valence-electron chi connectivity index (χ3n) is 7.06. The average Bonchev–Trinajstić information content (AvgIpc) is 3.20. The zero-order valence-electron chi connectivity index (χ0n) is 20.3. The second-order valence-electron chi connectivity index (χ2n) is 9.42. The lowest BCUT2D eigenvalue weighted by Crippen LogP contribution is -2.39. The Labute approximate surface area is 222 Å². The summed E-state index contributed by atoms with van der Waals surface area (Å²) in [6.45, 7) is 0.496. The monoisotopic (exact) mass is 535 g/mol. The largest absolute Gasteiger partial charge is 0.349 e. The third kappa shape index (κ3) is 4.92. The number of carbonyl (C=O) groups is 1. The van der Waals surface area contributed by atoms with E-state index < -0.39 is 18.0 Å². The summed E-state index contributed by atoms with van der Waals surface area (Å²) < 4.78 is 30.0. The molecule has 2 aromatic heterocycles. The molecule has 7 nitrogen and oxygen atoms in total. The first-order valence-electron chi connectivity index (χ1n) is 12.3. The van der Waals surface area contributed by atoms with Crippen LogP contribution >= 0.6 is 11.6 Å². The number of para-hydroxylation sites is 3. The van der Waals surface area contributed by atoms with E-state index in [1.165, 1.54) is 6.07 Å². The summed E-state index contributed by atoms with van der Waals surface area (Å²) in [5.74, 6) is -0.426. The predicted octanol–water partition coefficient (Wildman–Crippen LogP) is 5.64. The molecule has 1 aliphatic rings. The summed E-state index contributed by atoms with van der Waals surface area (Å²) in [7, 11) is 0. The Balaban J connectivity index is 1.32. The number of benzene rings is 2. The van der Waals surface area contributed by atoms with Crippen molar-refractivity contribution in [2.24, 2.45) is 5.92 Å². The molecule has 2 heterocycles. The number of nitrogens with zero attached hydrogens (tertiary/aromatic N) is 4. The van der Waals surface area contributed by atoms with Crippen LogP contribution in [0.4, 0.5) is 8.78 Å². The Hall–Kier alpha value is -4.03. The van der Waals surface area contributed by atoms with Crippen molar-refractivity contribution >= 4 is 28.5 Å². The van der Waals surface area contributed by atoms with Crippen LogP contribution in [0.15, 0.2) is 65.6 Å². The summed E-state index contributed by atoms with van der Waals surface area (Å²) in [6, 6.07) is 17.7. The molecule has 0 radical (unpaired) electrons. The maximum Gasteiger partial charge on any atom is 0.333 e. The van der Waals surface area contributed by atoms with Crippen molar-refractivity contribution in [3.8, 4) is 11.8 Å². The van der Waals surface area contributed by atoms with Gasteiger partial charge in [-0.15, -0.1) is 0 Å². The van der Waals surface area contributed by atoms with Crippen LogP contribution < -0.4 is 11.0 Å². The molecule has 0 aliphatic heterocycles. The molecule has 5 rings (SSSR count). The van der Waals surface area contributed by atoms with Crippen LogP contribution in [0.1, 0.15) is 53.7 Å². The Bertz CT molecular complexity index is 1600. The first kappa shape index (κ1) is 25.6. The predicted molar refractivity (Wildman–Crippen MR) is 140 cm³/mol. The van der Waals surface area contributed by atoms with E-state index in [9.17, 15) is 23.6 Å². The van der Waals surface area contributed by atoms with Gasteiger partial charge in [-0.1, -0.05) is 35.9 Å². The summed E-state index contributed by atoms with van der Waals surface area (Å²) in [5.41, 5.74) is 1.46. The number of carbonyl (C=O) groups excluding carboxylic acids is 1. The van der Waals surface area contributed by atoms with E-state index in [4.69, 9.17) is 11.6 Å². The minimum absolute atomic E-state index is 0.116. The lowest BCUT2D eigenvalue weighted by Gasteiger charge is -2.29. The second-order valence-corrected chi connectivity index (χ2v) is 9.86. The third-order valence-corrected chi connectivity index (χ3v) is 7.27.